The van der Waals surface area contributed by atoms with Crippen LogP contribution in [0, 0.1) is 0 Å². The number of rotatable bonds is 0. The monoisotopic (exact) mass is 315 g/mol. The third kappa shape index (κ3) is 2.12. The average Bonchev–Trinajstić information content (AvgIpc) is 2.92. The minimum atomic E-state index is 1.00. The van der Waals surface area contributed by atoms with Crippen LogP contribution in [-0.4, -0.2) is 22.6 Å². The minimum absolute atomic E-state index is 1.00. The Morgan fingerprint density at radius 2 is 1.67 bits per heavy atom. The lowest BCUT2D eigenvalue weighted by Gasteiger charge is -2.20. The van der Waals surface area contributed by atoms with E-state index in [2.05, 4.69) is 58.4 Å². The fourth-order valence-electron chi connectivity index (χ4n) is 4.15. The summed E-state index contributed by atoms with van der Waals surface area (Å²) in [4.78, 5) is 5.05. The molecule has 1 N–H and O–H groups in total. The van der Waals surface area contributed by atoms with E-state index in [-0.39, 0.29) is 0 Å². The molecule has 0 amide bonds. The zero-order valence-corrected chi connectivity index (χ0v) is 13.8. The predicted molar refractivity (Wildman–Crippen MR) is 98.0 cm³/mol. The summed E-state index contributed by atoms with van der Waals surface area (Å²) >= 11 is 0. The fraction of sp³-hybridized carbons (Fsp3) is 0.286. The van der Waals surface area contributed by atoms with Crippen LogP contribution in [0.15, 0.2) is 54.1 Å². The van der Waals surface area contributed by atoms with Gasteiger partial charge in [0.1, 0.15) is 5.82 Å². The highest BCUT2D eigenvalue weighted by Crippen LogP contribution is 2.36. The normalized spacial score (nSPS) is 17.5. The van der Waals surface area contributed by atoms with Crippen LogP contribution in [-0.2, 0) is 13.0 Å². The van der Waals surface area contributed by atoms with Crippen molar-refractivity contribution in [2.75, 3.05) is 13.1 Å². The molecule has 0 radical (unpaired) electrons. The van der Waals surface area contributed by atoms with Gasteiger partial charge in [0.25, 0.3) is 0 Å². The van der Waals surface area contributed by atoms with E-state index in [1.807, 2.05) is 0 Å². The van der Waals surface area contributed by atoms with Gasteiger partial charge in [-0.05, 0) is 55.6 Å². The van der Waals surface area contributed by atoms with Crippen LogP contribution in [0.4, 0.5) is 0 Å². The number of nitrogens with one attached hydrogen (secondary N) is 1. The molecule has 0 unspecified atom stereocenters. The third-order valence-corrected chi connectivity index (χ3v) is 5.33. The van der Waals surface area contributed by atoms with Gasteiger partial charge in [0.2, 0.25) is 0 Å². The lowest BCUT2D eigenvalue weighted by molar-refractivity contribution is 0.610. The first-order valence-corrected chi connectivity index (χ1v) is 8.88. The molecule has 2 aromatic carbocycles. The first-order chi connectivity index (χ1) is 11.9. The van der Waals surface area contributed by atoms with Gasteiger partial charge in [-0.1, -0.05) is 42.0 Å². The Balaban J connectivity index is 1.83. The number of hydrogen-bond acceptors (Lipinski definition) is 2. The van der Waals surface area contributed by atoms with Crippen molar-refractivity contribution in [2.45, 2.75) is 25.8 Å². The summed E-state index contributed by atoms with van der Waals surface area (Å²) in [5.74, 6) is 1.16. The molecular weight excluding hydrogens is 294 g/mol. The number of hydrogen-bond donors (Lipinski definition) is 1. The van der Waals surface area contributed by atoms with E-state index in [0.717, 1.165) is 50.2 Å². The summed E-state index contributed by atoms with van der Waals surface area (Å²) in [6.45, 7) is 3.14. The van der Waals surface area contributed by atoms with Crippen LogP contribution in [0.25, 0.3) is 16.6 Å². The molecule has 3 aromatic rings. The number of nitrogens with zero attached hydrogens (tertiary/aromatic N) is 2. The molecule has 5 rings (SSSR count). The number of aryl methyl sites for hydroxylation is 2. The molecule has 3 heteroatoms. The molecule has 120 valence electrons. The number of imidazole rings is 1. The highest BCUT2D eigenvalue weighted by molar-refractivity contribution is 5.87. The second-order valence-electron chi connectivity index (χ2n) is 6.71. The minimum Gasteiger partial charge on any atom is -0.324 e. The summed E-state index contributed by atoms with van der Waals surface area (Å²) in [6.07, 6.45) is 3.30. The van der Waals surface area contributed by atoms with Crippen molar-refractivity contribution in [3.63, 3.8) is 0 Å². The molecule has 2 aliphatic heterocycles. The Morgan fingerprint density at radius 3 is 2.58 bits per heavy atom. The highest BCUT2D eigenvalue weighted by Gasteiger charge is 2.25. The Bertz CT molecular complexity index is 941. The van der Waals surface area contributed by atoms with Gasteiger partial charge in [0, 0.05) is 12.1 Å². The van der Waals surface area contributed by atoms with Crippen molar-refractivity contribution in [3.8, 4) is 0 Å². The summed E-state index contributed by atoms with van der Waals surface area (Å²) in [5.41, 5.74) is 8.16. The van der Waals surface area contributed by atoms with Gasteiger partial charge < -0.3 is 9.88 Å². The number of fused-ring (bicyclic) bond motifs is 4. The predicted octanol–water partition coefficient (Wildman–Crippen LogP) is 3.78. The Morgan fingerprint density at radius 1 is 0.875 bits per heavy atom. The van der Waals surface area contributed by atoms with Crippen molar-refractivity contribution >= 4 is 16.6 Å². The standard InChI is InChI=1S/C21H21N3/c1-2-6-17-15(5-1)11-14-24-19-8-4-3-7-18(19)23-21(24)20(17)16-9-12-22-13-10-16/h1-8,22H,9-14H2. The summed E-state index contributed by atoms with van der Waals surface area (Å²) < 4.78 is 2.43. The highest BCUT2D eigenvalue weighted by atomic mass is 15.1. The molecule has 0 atom stereocenters. The van der Waals surface area contributed by atoms with E-state index in [9.17, 15) is 0 Å². The Hall–Kier alpha value is -2.39. The quantitative estimate of drug-likeness (QED) is 0.684. The lowest BCUT2D eigenvalue weighted by atomic mass is 9.90. The van der Waals surface area contributed by atoms with Crippen molar-refractivity contribution in [3.05, 3.63) is 71.1 Å². The first-order valence-electron chi connectivity index (χ1n) is 8.88. The molecule has 3 heterocycles. The average molecular weight is 315 g/mol. The second kappa shape index (κ2) is 5.60. The van der Waals surface area contributed by atoms with E-state index < -0.39 is 0 Å². The largest absolute Gasteiger partial charge is 0.324 e. The number of piperidine rings is 1. The van der Waals surface area contributed by atoms with Crippen molar-refractivity contribution < 1.29 is 0 Å². The molecule has 1 saturated heterocycles. The molecule has 0 aliphatic carbocycles. The topological polar surface area (TPSA) is 29.9 Å². The summed E-state index contributed by atoms with van der Waals surface area (Å²) in [5, 5.41) is 3.48. The van der Waals surface area contributed by atoms with Crippen molar-refractivity contribution in [2.24, 2.45) is 0 Å². The van der Waals surface area contributed by atoms with Crippen molar-refractivity contribution in [1.82, 2.24) is 14.9 Å². The van der Waals surface area contributed by atoms with Crippen LogP contribution in [0.3, 0.4) is 0 Å². The molecule has 2 aliphatic rings. The molecule has 3 nitrogen and oxygen atoms in total. The maximum absolute atomic E-state index is 5.05. The summed E-state index contributed by atoms with van der Waals surface area (Å²) in [7, 11) is 0. The first kappa shape index (κ1) is 14.0. The smallest absolute Gasteiger partial charge is 0.141 e. The Labute approximate surface area is 142 Å². The molecule has 0 spiro atoms. The second-order valence-corrected chi connectivity index (χ2v) is 6.71. The lowest BCUT2D eigenvalue weighted by Crippen LogP contribution is -2.24. The van der Waals surface area contributed by atoms with E-state index in [4.69, 9.17) is 4.98 Å². The molecule has 0 bridgehead atoms. The number of benzene rings is 2. The van der Waals surface area contributed by atoms with Crippen LogP contribution in [0.2, 0.25) is 0 Å². The number of aromatic nitrogens is 2. The molecule has 24 heavy (non-hydrogen) atoms. The van der Waals surface area contributed by atoms with Gasteiger partial charge in [0.05, 0.1) is 11.0 Å². The van der Waals surface area contributed by atoms with Gasteiger partial charge in [0.15, 0.2) is 0 Å². The van der Waals surface area contributed by atoms with Crippen LogP contribution in [0.1, 0.15) is 29.8 Å². The van der Waals surface area contributed by atoms with Gasteiger partial charge in [-0.2, -0.15) is 0 Å². The van der Waals surface area contributed by atoms with Gasteiger partial charge >= 0.3 is 0 Å². The van der Waals surface area contributed by atoms with Gasteiger partial charge in [-0.3, -0.25) is 0 Å². The van der Waals surface area contributed by atoms with E-state index in [1.54, 1.807) is 5.57 Å². The third-order valence-electron chi connectivity index (χ3n) is 5.33. The molecular formula is C21H21N3. The van der Waals surface area contributed by atoms with Crippen LogP contribution >= 0.6 is 0 Å². The van der Waals surface area contributed by atoms with E-state index in [0.29, 0.717) is 0 Å². The number of para-hydroxylation sites is 2. The van der Waals surface area contributed by atoms with E-state index in [1.165, 1.54) is 22.2 Å². The SMILES string of the molecule is c1ccc2c(c1)CCn1c(nc3ccccc31)C2=C1CCNCC1. The maximum Gasteiger partial charge on any atom is 0.141 e. The molecule has 1 fully saturated rings. The summed E-state index contributed by atoms with van der Waals surface area (Å²) in [6, 6.07) is 17.4. The van der Waals surface area contributed by atoms with Crippen LogP contribution in [0.5, 0.6) is 0 Å². The van der Waals surface area contributed by atoms with Gasteiger partial charge in [-0.25, -0.2) is 4.98 Å². The zero-order valence-electron chi connectivity index (χ0n) is 13.8. The van der Waals surface area contributed by atoms with Crippen molar-refractivity contribution in [1.29, 1.82) is 0 Å². The maximum atomic E-state index is 5.05. The zero-order chi connectivity index (χ0) is 15.9. The molecule has 1 aromatic heterocycles. The van der Waals surface area contributed by atoms with Crippen LogP contribution < -0.4 is 5.32 Å². The Kier molecular flexibility index (Phi) is 3.27. The van der Waals surface area contributed by atoms with E-state index >= 15 is 0 Å². The van der Waals surface area contributed by atoms with Gasteiger partial charge in [-0.15, -0.1) is 0 Å². The fourth-order valence-corrected chi connectivity index (χ4v) is 4.15. The molecule has 0 saturated carbocycles.